The SMILES string of the molecule is NC(N)=NCCC[C@H](N)C(=O)O[15N]=C(N)[15NH2]. The van der Waals surface area contributed by atoms with E-state index in [4.69, 9.17) is 28.7 Å². The van der Waals surface area contributed by atoms with Gasteiger partial charge in [0.2, 0.25) is 5.96 Å². The van der Waals surface area contributed by atoms with Crippen LogP contribution in [0.15, 0.2) is 10.1 Å². The zero-order chi connectivity index (χ0) is 12.6. The van der Waals surface area contributed by atoms with Crippen LogP contribution in [0.4, 0.5) is 0 Å². The fourth-order valence-corrected chi connectivity index (χ4v) is 0.803. The van der Waals surface area contributed by atoms with Crippen molar-refractivity contribution in [3.63, 3.8) is 0 Å². The number of rotatable bonds is 6. The molecule has 1 atom stereocenters. The van der Waals surface area contributed by atoms with Crippen LogP contribution in [0, 0.1) is 0 Å². The molecule has 0 bridgehead atoms. The maximum Gasteiger partial charge on any atom is 0.351 e. The highest BCUT2D eigenvalue weighted by Gasteiger charge is 2.14. The second-order valence-electron chi connectivity index (χ2n) is 2.98. The largest absolute Gasteiger partial charge is 0.370 e. The van der Waals surface area contributed by atoms with Crippen LogP contribution in [-0.2, 0) is 9.63 Å². The summed E-state index contributed by atoms with van der Waals surface area (Å²) in [6, 6.07) is -0.808. The first-order valence-electron chi connectivity index (χ1n) is 4.54. The Morgan fingerprint density at radius 2 is 1.81 bits per heavy atom. The van der Waals surface area contributed by atoms with E-state index in [2.05, 4.69) is 15.0 Å². The molecule has 16 heavy (non-hydrogen) atoms. The fourth-order valence-electron chi connectivity index (χ4n) is 0.803. The number of hydrogen-bond acceptors (Lipinski definition) is 5. The Morgan fingerprint density at radius 3 is 2.31 bits per heavy atom. The van der Waals surface area contributed by atoms with Gasteiger partial charge in [0, 0.05) is 6.54 Å². The molecule has 0 aliphatic heterocycles. The summed E-state index contributed by atoms with van der Waals surface area (Å²) < 4.78 is 0. The Morgan fingerprint density at radius 1 is 1.19 bits per heavy atom. The molecule has 10 N–H and O–H groups in total. The van der Waals surface area contributed by atoms with E-state index in [1.54, 1.807) is 0 Å². The van der Waals surface area contributed by atoms with Gasteiger partial charge in [0.05, 0.1) is 0 Å². The molecule has 0 saturated carbocycles. The number of guanidine groups is 2. The highest BCUT2D eigenvalue weighted by atomic mass is 16.8. The second kappa shape index (κ2) is 7.29. The first-order chi connectivity index (χ1) is 7.43. The van der Waals surface area contributed by atoms with Gasteiger partial charge in [0.1, 0.15) is 6.04 Å². The first-order valence-corrected chi connectivity index (χ1v) is 4.54. The quantitative estimate of drug-likeness (QED) is 0.0813. The smallest absolute Gasteiger partial charge is 0.351 e. The maximum atomic E-state index is 11.1. The minimum Gasteiger partial charge on any atom is -0.370 e. The van der Waals surface area contributed by atoms with Crippen LogP contribution in [0.25, 0.3) is 0 Å². The highest BCUT2D eigenvalue weighted by Crippen LogP contribution is 1.97. The number of oxime groups is 1. The van der Waals surface area contributed by atoms with Crippen molar-refractivity contribution in [1.29, 1.82) is 0 Å². The van der Waals surface area contributed by atoms with E-state index >= 15 is 0 Å². The molecule has 0 aromatic heterocycles. The lowest BCUT2D eigenvalue weighted by molar-refractivity contribution is -0.145. The summed E-state index contributed by atoms with van der Waals surface area (Å²) in [5.74, 6) is -1.06. The molecule has 0 aromatic rings. The van der Waals surface area contributed by atoms with Gasteiger partial charge in [-0.05, 0) is 18.0 Å². The Labute approximate surface area is 92.6 Å². The normalized spacial score (nSPS) is 12.9. The number of hydrogen-bond donors (Lipinski definition) is 5. The van der Waals surface area contributed by atoms with Gasteiger partial charge >= 0.3 is 5.97 Å². The van der Waals surface area contributed by atoms with Crippen molar-refractivity contribution in [2.24, 2.45) is 38.8 Å². The molecule has 9 heteroatoms. The summed E-state index contributed by atoms with van der Waals surface area (Å²) in [6.07, 6.45) is 0.922. The first kappa shape index (κ1) is 14.0. The predicted molar refractivity (Wildman–Crippen MR) is 59.8 cm³/mol. The topological polar surface area (TPSA) is 181 Å². The summed E-state index contributed by atoms with van der Waals surface area (Å²) in [5, 5.41) is 3.08. The molecule has 0 spiro atoms. The number of aliphatic imine (C=N–C) groups is 1. The van der Waals surface area contributed by atoms with Crippen LogP contribution in [0.5, 0.6) is 0 Å². The van der Waals surface area contributed by atoms with E-state index < -0.39 is 12.0 Å². The Bertz CT molecular complexity index is 280. The fraction of sp³-hybridized carbons (Fsp3) is 0.571. The Kier molecular flexibility index (Phi) is 6.36. The molecule has 0 aromatic carbocycles. The van der Waals surface area contributed by atoms with Crippen LogP contribution in [0.1, 0.15) is 12.8 Å². The van der Waals surface area contributed by atoms with Crippen molar-refractivity contribution in [2.45, 2.75) is 18.9 Å². The molecule has 0 heterocycles. The van der Waals surface area contributed by atoms with Crippen molar-refractivity contribution < 1.29 is 9.63 Å². The van der Waals surface area contributed by atoms with Crippen molar-refractivity contribution in [1.82, 2.24) is 0 Å². The van der Waals surface area contributed by atoms with Crippen LogP contribution in [0.3, 0.4) is 0 Å². The van der Waals surface area contributed by atoms with Gasteiger partial charge in [0.15, 0.2) is 5.96 Å². The molecule has 0 amide bonds. The summed E-state index contributed by atoms with van der Waals surface area (Å²) in [4.78, 5) is 19.2. The predicted octanol–water partition coefficient (Wildman–Crippen LogP) is -2.90. The standard InChI is InChI=1S/C7H17N7O2/c8-4(2-1-3-13-6(9)10)5(15)16-14-7(11)12/h4H,1-3,8H2,(H4,9,10,13)(H4,11,12,14)/t4-/m0/s1/i11+1,14+1. The second-order valence-corrected chi connectivity index (χ2v) is 2.98. The van der Waals surface area contributed by atoms with E-state index in [1.807, 2.05) is 0 Å². The lowest BCUT2D eigenvalue weighted by Crippen LogP contribution is -2.33. The Balaban J connectivity index is 3.80. The van der Waals surface area contributed by atoms with E-state index in [-0.39, 0.29) is 11.9 Å². The summed E-state index contributed by atoms with van der Waals surface area (Å²) in [5.41, 5.74) is 25.6. The molecule has 0 rings (SSSR count). The monoisotopic (exact) mass is 233 g/mol. The van der Waals surface area contributed by atoms with Gasteiger partial charge in [-0.15, -0.1) is 0 Å². The molecule has 9 nitrogen and oxygen atoms in total. The van der Waals surface area contributed by atoms with Gasteiger partial charge < -0.3 is 33.5 Å². The molecular formula is C7H17N7O2. The van der Waals surface area contributed by atoms with Gasteiger partial charge in [-0.25, -0.2) is 4.79 Å². The van der Waals surface area contributed by atoms with Gasteiger partial charge in [-0.1, -0.05) is 0 Å². The maximum absolute atomic E-state index is 11.1. The van der Waals surface area contributed by atoms with Gasteiger partial charge in [-0.3, -0.25) is 4.99 Å². The summed E-state index contributed by atoms with van der Waals surface area (Å²) in [7, 11) is 0. The molecule has 0 unspecified atom stereocenters. The van der Waals surface area contributed by atoms with Gasteiger partial charge in [0.25, 0.3) is 0 Å². The van der Waals surface area contributed by atoms with E-state index in [1.165, 1.54) is 0 Å². The third kappa shape index (κ3) is 7.38. The zero-order valence-corrected chi connectivity index (χ0v) is 8.80. The Hall–Kier alpha value is -2.03. The number of carbonyl (C=O) groups is 1. The molecule has 92 valence electrons. The summed E-state index contributed by atoms with van der Waals surface area (Å²) in [6.45, 7) is 0.394. The molecule has 0 aliphatic rings. The van der Waals surface area contributed by atoms with Crippen LogP contribution < -0.4 is 28.7 Å². The van der Waals surface area contributed by atoms with E-state index in [0.29, 0.717) is 19.4 Å². The molecule has 0 saturated heterocycles. The number of nitrogens with two attached hydrogens (primary N) is 5. The third-order valence-corrected chi connectivity index (χ3v) is 1.51. The molecular weight excluding hydrogens is 216 g/mol. The third-order valence-electron chi connectivity index (χ3n) is 1.51. The van der Waals surface area contributed by atoms with Crippen LogP contribution in [0.2, 0.25) is 0 Å². The molecule has 0 aliphatic carbocycles. The van der Waals surface area contributed by atoms with Crippen molar-refractivity contribution in [3.05, 3.63) is 0 Å². The minimum absolute atomic E-state index is 0.00310. The summed E-state index contributed by atoms with van der Waals surface area (Å²) >= 11 is 0. The molecule has 0 fully saturated rings. The lowest BCUT2D eigenvalue weighted by atomic mass is 10.2. The number of nitrogens with zero attached hydrogens (tertiary/aromatic N) is 2. The van der Waals surface area contributed by atoms with Crippen molar-refractivity contribution in [2.75, 3.05) is 6.54 Å². The average Bonchev–Trinajstić information content (AvgIpc) is 2.20. The molecule has 0 radical (unpaired) electrons. The highest BCUT2D eigenvalue weighted by molar-refractivity contribution is 5.79. The van der Waals surface area contributed by atoms with Crippen LogP contribution in [-0.4, -0.2) is 30.5 Å². The number of carbonyl (C=O) groups excluding carboxylic acids is 1. The zero-order valence-electron chi connectivity index (χ0n) is 8.80. The lowest BCUT2D eigenvalue weighted by Gasteiger charge is -2.06. The van der Waals surface area contributed by atoms with Crippen LogP contribution >= 0.6 is 0 Å². The minimum atomic E-state index is -0.808. The van der Waals surface area contributed by atoms with E-state index in [9.17, 15) is 4.79 Å². The van der Waals surface area contributed by atoms with Gasteiger partial charge in [-0.2, -0.15) is 0 Å². The van der Waals surface area contributed by atoms with Crippen molar-refractivity contribution >= 4 is 17.9 Å². The van der Waals surface area contributed by atoms with E-state index in [0.717, 1.165) is 0 Å². The average molecular weight is 233 g/mol. The van der Waals surface area contributed by atoms with Crippen molar-refractivity contribution in [3.8, 4) is 0 Å².